The molecule has 2 heterocycles. The molecule has 0 atom stereocenters. The van der Waals surface area contributed by atoms with Crippen molar-refractivity contribution in [1.82, 2.24) is 10.3 Å². The summed E-state index contributed by atoms with van der Waals surface area (Å²) in [7, 11) is 1.91. The van der Waals surface area contributed by atoms with Crippen molar-refractivity contribution in [2.24, 2.45) is 0 Å². The molecule has 4 heteroatoms. The third-order valence-electron chi connectivity index (χ3n) is 2.62. The molecular formula is C10H16N2O2. The zero-order valence-electron chi connectivity index (χ0n) is 8.54. The SMILES string of the molecule is CNC1COC(C)(c2ccc[nH]2)OC1. The third-order valence-corrected chi connectivity index (χ3v) is 2.62. The fraction of sp³-hybridized carbons (Fsp3) is 0.600. The van der Waals surface area contributed by atoms with Crippen LogP contribution in [0.25, 0.3) is 0 Å². The summed E-state index contributed by atoms with van der Waals surface area (Å²) in [6, 6.07) is 4.20. The largest absolute Gasteiger partial charge is 0.361 e. The molecule has 0 aromatic carbocycles. The normalized spacial score (nSPS) is 33.1. The van der Waals surface area contributed by atoms with Crippen molar-refractivity contribution in [2.75, 3.05) is 20.3 Å². The number of H-pyrrole nitrogens is 1. The lowest BCUT2D eigenvalue weighted by Gasteiger charge is -2.36. The van der Waals surface area contributed by atoms with Crippen molar-refractivity contribution in [2.45, 2.75) is 18.8 Å². The topological polar surface area (TPSA) is 46.3 Å². The molecule has 0 amide bonds. The number of hydrogen-bond acceptors (Lipinski definition) is 3. The van der Waals surface area contributed by atoms with Crippen molar-refractivity contribution in [3.05, 3.63) is 24.0 Å². The highest BCUT2D eigenvalue weighted by atomic mass is 16.7. The Balaban J connectivity index is 2.06. The summed E-state index contributed by atoms with van der Waals surface area (Å²) < 4.78 is 11.4. The average Bonchev–Trinajstić information content (AvgIpc) is 2.72. The first-order valence-electron chi connectivity index (χ1n) is 4.83. The van der Waals surface area contributed by atoms with Crippen LogP contribution in [0.15, 0.2) is 18.3 Å². The first-order valence-corrected chi connectivity index (χ1v) is 4.83. The Morgan fingerprint density at radius 2 is 2.21 bits per heavy atom. The van der Waals surface area contributed by atoms with Crippen molar-refractivity contribution in [3.8, 4) is 0 Å². The zero-order valence-corrected chi connectivity index (χ0v) is 8.54. The van der Waals surface area contributed by atoms with Crippen LogP contribution in [-0.4, -0.2) is 31.3 Å². The maximum atomic E-state index is 5.70. The van der Waals surface area contributed by atoms with Gasteiger partial charge in [-0.1, -0.05) is 0 Å². The van der Waals surface area contributed by atoms with Crippen molar-refractivity contribution in [3.63, 3.8) is 0 Å². The van der Waals surface area contributed by atoms with E-state index in [0.717, 1.165) is 5.69 Å². The van der Waals surface area contributed by atoms with E-state index in [0.29, 0.717) is 13.2 Å². The number of nitrogens with one attached hydrogen (secondary N) is 2. The molecule has 0 aliphatic carbocycles. The molecule has 1 fully saturated rings. The standard InChI is InChI=1S/C10H16N2O2/c1-10(9-4-3-5-12-9)13-6-8(11-2)7-14-10/h3-5,8,11-12H,6-7H2,1-2H3. The number of rotatable bonds is 2. The van der Waals surface area contributed by atoms with Gasteiger partial charge in [-0.2, -0.15) is 0 Å². The second-order valence-corrected chi connectivity index (χ2v) is 3.64. The molecular weight excluding hydrogens is 180 g/mol. The highest BCUT2D eigenvalue weighted by molar-refractivity contribution is 5.10. The molecule has 0 bridgehead atoms. The van der Waals surface area contributed by atoms with Crippen LogP contribution in [0.3, 0.4) is 0 Å². The quantitative estimate of drug-likeness (QED) is 0.736. The van der Waals surface area contributed by atoms with Gasteiger partial charge in [-0.15, -0.1) is 0 Å². The molecule has 0 spiro atoms. The first-order chi connectivity index (χ1) is 6.74. The van der Waals surface area contributed by atoms with Crippen LogP contribution >= 0.6 is 0 Å². The summed E-state index contributed by atoms with van der Waals surface area (Å²) in [6.07, 6.45) is 1.87. The van der Waals surface area contributed by atoms with Gasteiger partial charge in [-0.05, 0) is 26.1 Å². The Hall–Kier alpha value is -0.840. The number of ether oxygens (including phenoxy) is 2. The molecule has 2 N–H and O–H groups in total. The Morgan fingerprint density at radius 1 is 1.50 bits per heavy atom. The summed E-state index contributed by atoms with van der Waals surface area (Å²) in [5, 5.41) is 3.13. The highest BCUT2D eigenvalue weighted by Crippen LogP contribution is 2.28. The summed E-state index contributed by atoms with van der Waals surface area (Å²) in [6.45, 7) is 3.28. The van der Waals surface area contributed by atoms with Crippen LogP contribution in [-0.2, 0) is 15.3 Å². The molecule has 0 unspecified atom stereocenters. The molecule has 0 saturated carbocycles. The number of aromatic amines is 1. The number of aromatic nitrogens is 1. The van der Waals surface area contributed by atoms with Gasteiger partial charge in [0.25, 0.3) is 0 Å². The molecule has 14 heavy (non-hydrogen) atoms. The Morgan fingerprint density at radius 3 is 2.71 bits per heavy atom. The molecule has 2 rings (SSSR count). The fourth-order valence-electron chi connectivity index (χ4n) is 1.54. The van der Waals surface area contributed by atoms with Crippen LogP contribution in [0.1, 0.15) is 12.6 Å². The van der Waals surface area contributed by atoms with E-state index in [-0.39, 0.29) is 6.04 Å². The van der Waals surface area contributed by atoms with Gasteiger partial charge in [-0.25, -0.2) is 0 Å². The summed E-state index contributed by atoms with van der Waals surface area (Å²) in [5.74, 6) is -0.614. The van der Waals surface area contributed by atoms with Crippen LogP contribution in [0.4, 0.5) is 0 Å². The smallest absolute Gasteiger partial charge is 0.207 e. The number of likely N-dealkylation sites (N-methyl/N-ethyl adjacent to an activating group) is 1. The minimum Gasteiger partial charge on any atom is -0.361 e. The van der Waals surface area contributed by atoms with Gasteiger partial charge in [0.05, 0.1) is 24.9 Å². The average molecular weight is 196 g/mol. The van der Waals surface area contributed by atoms with Crippen LogP contribution in [0.5, 0.6) is 0 Å². The molecule has 1 aliphatic heterocycles. The van der Waals surface area contributed by atoms with E-state index < -0.39 is 5.79 Å². The summed E-state index contributed by atoms with van der Waals surface area (Å²) in [5.41, 5.74) is 0.965. The Bertz CT molecular complexity index is 276. The minimum atomic E-state index is -0.614. The summed E-state index contributed by atoms with van der Waals surface area (Å²) in [4.78, 5) is 3.11. The first kappa shape index (κ1) is 9.71. The summed E-state index contributed by atoms with van der Waals surface area (Å²) >= 11 is 0. The van der Waals surface area contributed by atoms with Gasteiger partial charge >= 0.3 is 0 Å². The molecule has 4 nitrogen and oxygen atoms in total. The molecule has 0 radical (unpaired) electrons. The second-order valence-electron chi connectivity index (χ2n) is 3.64. The van der Waals surface area contributed by atoms with E-state index in [4.69, 9.17) is 9.47 Å². The van der Waals surface area contributed by atoms with Crippen LogP contribution < -0.4 is 5.32 Å². The predicted octanol–water partition coefficient (Wildman–Crippen LogP) is 0.822. The van der Waals surface area contributed by atoms with Crippen LogP contribution in [0.2, 0.25) is 0 Å². The van der Waals surface area contributed by atoms with Crippen molar-refractivity contribution in [1.29, 1.82) is 0 Å². The minimum absolute atomic E-state index is 0.290. The molecule has 1 aromatic heterocycles. The monoisotopic (exact) mass is 196 g/mol. The van der Waals surface area contributed by atoms with Gasteiger partial charge in [0.2, 0.25) is 5.79 Å². The fourth-order valence-corrected chi connectivity index (χ4v) is 1.54. The van der Waals surface area contributed by atoms with Gasteiger partial charge in [0.1, 0.15) is 0 Å². The molecule has 1 aromatic rings. The molecule has 1 aliphatic rings. The number of hydrogen-bond donors (Lipinski definition) is 2. The van der Waals surface area contributed by atoms with Crippen molar-refractivity contribution < 1.29 is 9.47 Å². The van der Waals surface area contributed by atoms with Crippen molar-refractivity contribution >= 4 is 0 Å². The van der Waals surface area contributed by atoms with Gasteiger partial charge < -0.3 is 19.8 Å². The zero-order chi connectivity index (χ0) is 10.0. The van der Waals surface area contributed by atoms with E-state index in [1.807, 2.05) is 32.3 Å². The highest BCUT2D eigenvalue weighted by Gasteiger charge is 2.35. The lowest BCUT2D eigenvalue weighted by Crippen LogP contribution is -2.47. The maximum absolute atomic E-state index is 5.70. The Labute approximate surface area is 83.6 Å². The second kappa shape index (κ2) is 3.73. The van der Waals surface area contributed by atoms with E-state index in [1.165, 1.54) is 0 Å². The van der Waals surface area contributed by atoms with Gasteiger partial charge in [-0.3, -0.25) is 0 Å². The maximum Gasteiger partial charge on any atom is 0.207 e. The lowest BCUT2D eigenvalue weighted by molar-refractivity contribution is -0.274. The van der Waals surface area contributed by atoms with E-state index in [9.17, 15) is 0 Å². The van der Waals surface area contributed by atoms with E-state index >= 15 is 0 Å². The molecule has 1 saturated heterocycles. The lowest BCUT2D eigenvalue weighted by atomic mass is 10.2. The van der Waals surface area contributed by atoms with E-state index in [1.54, 1.807) is 0 Å². The third kappa shape index (κ3) is 1.68. The Kier molecular flexibility index (Phi) is 2.58. The molecule has 78 valence electrons. The van der Waals surface area contributed by atoms with E-state index in [2.05, 4.69) is 10.3 Å². The van der Waals surface area contributed by atoms with Gasteiger partial charge in [0, 0.05) is 6.20 Å². The van der Waals surface area contributed by atoms with Gasteiger partial charge in [0.15, 0.2) is 0 Å². The van der Waals surface area contributed by atoms with Crippen LogP contribution in [0, 0.1) is 0 Å². The predicted molar refractivity (Wildman–Crippen MR) is 52.9 cm³/mol.